The fourth-order valence-corrected chi connectivity index (χ4v) is 0.300. The van der Waals surface area contributed by atoms with E-state index in [1.165, 1.54) is 0 Å². The van der Waals surface area contributed by atoms with Gasteiger partial charge in [-0.2, -0.15) is 0 Å². The zero-order valence-electron chi connectivity index (χ0n) is 22.1. The van der Waals surface area contributed by atoms with Gasteiger partial charge < -0.3 is 40.9 Å². The molecule has 224 valence electrons. The van der Waals surface area contributed by atoms with Crippen LogP contribution in [-0.4, -0.2) is 108 Å². The molecule has 0 aromatic carbocycles. The first-order valence-electron chi connectivity index (χ1n) is 10.1. The van der Waals surface area contributed by atoms with Gasteiger partial charge in [-0.1, -0.05) is 63.7 Å². The van der Waals surface area contributed by atoms with Crippen LogP contribution in [0.15, 0.2) is 0 Å². The van der Waals surface area contributed by atoms with Crippen LogP contribution in [0.5, 0.6) is 0 Å². The number of rotatable bonds is 8. The van der Waals surface area contributed by atoms with Gasteiger partial charge in [0.2, 0.25) is 0 Å². The number of aliphatic carboxylic acids is 4. The molecule has 0 unspecified atom stereocenters. The lowest BCUT2D eigenvalue weighted by Gasteiger charge is -2.23. The molecule has 0 amide bonds. The van der Waals surface area contributed by atoms with Crippen molar-refractivity contribution in [1.82, 2.24) is 0 Å². The lowest BCUT2D eigenvalue weighted by molar-refractivity contribution is -0.139. The van der Waals surface area contributed by atoms with Crippen molar-refractivity contribution in [2.75, 3.05) is 26.4 Å². The minimum absolute atomic E-state index is 0.406. The summed E-state index contributed by atoms with van der Waals surface area (Å²) in [5.41, 5.74) is -1.11. The number of alkyl halides is 4. The molecule has 0 aromatic rings. The number of carboxylic acid groups (broad SMARTS) is 4. The fraction of sp³-hybridized carbons (Fsp3) is 0.810. The Morgan fingerprint density at radius 2 is 0.514 bits per heavy atom. The van der Waals surface area contributed by atoms with E-state index in [2.05, 4.69) is 63.7 Å². The lowest BCUT2D eigenvalue weighted by Crippen LogP contribution is -2.37. The summed E-state index contributed by atoms with van der Waals surface area (Å²) in [5, 5.41) is 66.8. The highest BCUT2D eigenvalue weighted by molar-refractivity contribution is 9.10. The van der Waals surface area contributed by atoms with E-state index in [0.29, 0.717) is 0 Å². The number of carboxylic acids is 4. The first-order valence-corrected chi connectivity index (χ1v) is 13.3. The van der Waals surface area contributed by atoms with Crippen molar-refractivity contribution in [3.63, 3.8) is 0 Å². The normalized spacial score (nSPS) is 11.5. The van der Waals surface area contributed by atoms with Crippen molar-refractivity contribution in [3.8, 4) is 0 Å². The molecule has 0 aromatic heterocycles. The average Bonchev–Trinajstić information content (AvgIpc) is 2.69. The maximum Gasteiger partial charge on any atom is 0.319 e. The topological polar surface area (TPSA) is 230 Å². The Kier molecular flexibility index (Phi) is 25.8. The molecular weight excluding hydrogens is 764 g/mol. The maximum absolute atomic E-state index is 9.97. The monoisotopic (exact) mass is 800 g/mol. The van der Waals surface area contributed by atoms with E-state index in [4.69, 9.17) is 40.9 Å². The Balaban J connectivity index is -0.000000116. The van der Waals surface area contributed by atoms with Crippen LogP contribution in [0.25, 0.3) is 0 Å². The highest BCUT2D eigenvalue weighted by atomic mass is 79.9. The number of carbonyl (C=O) groups is 4. The van der Waals surface area contributed by atoms with Crippen LogP contribution >= 0.6 is 63.7 Å². The minimum atomic E-state index is -1.11. The second kappa shape index (κ2) is 20.5. The van der Waals surface area contributed by atoms with Crippen LogP contribution in [-0.2, 0) is 19.2 Å². The molecule has 0 aliphatic rings. The molecular formula is C21H40Br4O12. The molecule has 0 atom stereocenters. The zero-order valence-corrected chi connectivity index (χ0v) is 28.4. The molecule has 0 bridgehead atoms. The quantitative estimate of drug-likeness (QED) is 0.166. The van der Waals surface area contributed by atoms with Crippen LogP contribution in [0, 0.1) is 5.41 Å². The van der Waals surface area contributed by atoms with E-state index in [-0.39, 0.29) is 0 Å². The van der Waals surface area contributed by atoms with Crippen molar-refractivity contribution in [2.24, 2.45) is 5.41 Å². The lowest BCUT2D eigenvalue weighted by atomic mass is 9.93. The van der Waals surface area contributed by atoms with Gasteiger partial charge in [0.15, 0.2) is 0 Å². The fourth-order valence-electron chi connectivity index (χ4n) is 0.300. The molecule has 0 aliphatic heterocycles. The summed E-state index contributed by atoms with van der Waals surface area (Å²) >= 11 is 11.8. The van der Waals surface area contributed by atoms with Gasteiger partial charge in [-0.05, 0) is 55.4 Å². The standard InChI is InChI=1S/C5H12O4.4C4H7BrO2/c6-1-5(2-7,3-8)4-9;4*1-4(2,5)3(6)7/h6-9H,1-4H2;4*1-2H3,(H,6,7). The third-order valence-corrected chi connectivity index (χ3v) is 4.73. The zero-order chi connectivity index (χ0) is 31.6. The number of aliphatic hydroxyl groups excluding tert-OH is 4. The molecule has 37 heavy (non-hydrogen) atoms. The van der Waals surface area contributed by atoms with Crippen molar-refractivity contribution in [1.29, 1.82) is 0 Å². The van der Waals surface area contributed by atoms with Gasteiger partial charge in [0.25, 0.3) is 0 Å². The van der Waals surface area contributed by atoms with Gasteiger partial charge in [-0.15, -0.1) is 0 Å². The highest BCUT2D eigenvalue weighted by Gasteiger charge is 2.26. The summed E-state index contributed by atoms with van der Waals surface area (Å²) < 4.78 is -3.08. The van der Waals surface area contributed by atoms with Gasteiger partial charge >= 0.3 is 23.9 Å². The summed E-state index contributed by atoms with van der Waals surface area (Å²) in [6.45, 7) is 11.0. The van der Waals surface area contributed by atoms with Gasteiger partial charge in [-0.25, -0.2) is 0 Å². The maximum atomic E-state index is 9.97. The molecule has 0 spiro atoms. The number of halogens is 4. The number of hydrogen-bond donors (Lipinski definition) is 8. The van der Waals surface area contributed by atoms with Crippen LogP contribution in [0.4, 0.5) is 0 Å². The molecule has 0 aliphatic carbocycles. The summed E-state index contributed by atoms with van der Waals surface area (Å²) in [4.78, 5) is 39.9. The summed E-state index contributed by atoms with van der Waals surface area (Å²) in [5.74, 6) is -3.36. The number of hydrogen-bond acceptors (Lipinski definition) is 8. The van der Waals surface area contributed by atoms with Gasteiger partial charge in [0.05, 0.1) is 31.8 Å². The first kappa shape index (κ1) is 46.5. The van der Waals surface area contributed by atoms with E-state index in [1.54, 1.807) is 55.4 Å². The molecule has 16 heteroatoms. The molecule has 0 rings (SSSR count). The second-order valence-electron chi connectivity index (χ2n) is 9.24. The third kappa shape index (κ3) is 31.8. The molecule has 0 saturated heterocycles. The SMILES string of the molecule is CC(C)(Br)C(=O)O.CC(C)(Br)C(=O)O.CC(C)(Br)C(=O)O.CC(C)(Br)C(=O)O.OCC(CO)(CO)CO. The number of aliphatic hydroxyl groups is 4. The predicted molar refractivity (Wildman–Crippen MR) is 153 cm³/mol. The first-order chi connectivity index (χ1) is 16.0. The largest absolute Gasteiger partial charge is 0.480 e. The summed E-state index contributed by atoms with van der Waals surface area (Å²) in [6, 6.07) is 0. The van der Waals surface area contributed by atoms with E-state index < -0.39 is 73.0 Å². The van der Waals surface area contributed by atoms with Gasteiger partial charge in [0, 0.05) is 0 Å². The Morgan fingerprint density at radius 1 is 0.432 bits per heavy atom. The van der Waals surface area contributed by atoms with Crippen molar-refractivity contribution in [3.05, 3.63) is 0 Å². The van der Waals surface area contributed by atoms with E-state index >= 15 is 0 Å². The molecule has 0 saturated carbocycles. The minimum Gasteiger partial charge on any atom is -0.480 e. The van der Waals surface area contributed by atoms with Crippen LogP contribution in [0.1, 0.15) is 55.4 Å². The summed E-state index contributed by atoms with van der Waals surface area (Å²) in [7, 11) is 0. The Labute approximate surface area is 251 Å². The van der Waals surface area contributed by atoms with E-state index in [1.807, 2.05) is 0 Å². The third-order valence-electron chi connectivity index (χ3n) is 3.38. The molecule has 0 heterocycles. The smallest absolute Gasteiger partial charge is 0.319 e. The second-order valence-corrected chi connectivity index (χ2v) is 17.2. The Morgan fingerprint density at radius 3 is 0.514 bits per heavy atom. The van der Waals surface area contributed by atoms with Crippen LogP contribution < -0.4 is 0 Å². The van der Waals surface area contributed by atoms with Crippen LogP contribution in [0.2, 0.25) is 0 Å². The molecule has 12 nitrogen and oxygen atoms in total. The Bertz CT molecular complexity index is 555. The van der Waals surface area contributed by atoms with E-state index in [9.17, 15) is 19.2 Å². The van der Waals surface area contributed by atoms with Crippen molar-refractivity contribution >= 4 is 87.6 Å². The molecule has 0 fully saturated rings. The van der Waals surface area contributed by atoms with Gasteiger partial charge in [0.1, 0.15) is 17.3 Å². The van der Waals surface area contributed by atoms with Crippen molar-refractivity contribution < 1.29 is 60.0 Å². The van der Waals surface area contributed by atoms with Crippen molar-refractivity contribution in [2.45, 2.75) is 72.7 Å². The van der Waals surface area contributed by atoms with Crippen LogP contribution in [0.3, 0.4) is 0 Å². The summed E-state index contributed by atoms with van der Waals surface area (Å²) in [6.07, 6.45) is 0. The van der Waals surface area contributed by atoms with E-state index in [0.717, 1.165) is 0 Å². The predicted octanol–water partition coefficient (Wildman–Crippen LogP) is 2.92. The molecule has 8 N–H and O–H groups in total. The highest BCUT2D eigenvalue weighted by Crippen LogP contribution is 2.16. The molecule has 0 radical (unpaired) electrons. The average molecular weight is 804 g/mol. The van der Waals surface area contributed by atoms with Gasteiger partial charge in [-0.3, -0.25) is 19.2 Å². The Hall–Kier alpha value is -0.360.